The van der Waals surface area contributed by atoms with Gasteiger partial charge in [-0.15, -0.1) is 0 Å². The quantitative estimate of drug-likeness (QED) is 0.425. The Bertz CT molecular complexity index is 1540. The molecule has 2 aliphatic heterocycles. The van der Waals surface area contributed by atoms with E-state index in [2.05, 4.69) is 51.1 Å². The molecule has 0 unspecified atom stereocenters. The van der Waals surface area contributed by atoms with E-state index in [0.717, 1.165) is 26.9 Å². The number of nitrogens with zero attached hydrogens (tertiary/aromatic N) is 5. The number of alkyl halides is 3. The Kier molecular flexibility index (Phi) is 7.10. The van der Waals surface area contributed by atoms with Gasteiger partial charge in [0.15, 0.2) is 0 Å². The average Bonchev–Trinajstić information content (AvgIpc) is 2.86. The standard InChI is InChI=1S/C27H33F3N6O3S/c1-16(2)19-5-6-22(36-13-18(17(36)3)14-40(4,38)39)21-12-32-24(11-20(19)21)33-23-7-9-31-25(34-23)35-10-8-27(30,37)26(28,29)15-35/h5-7,9,11-12,16-18,37H,8,10,13-15H2,1-4H3,(H,31,32,33,34)/t17-,18-,27+/m1/s1. The van der Waals surface area contributed by atoms with E-state index in [4.69, 9.17) is 0 Å². The lowest BCUT2D eigenvalue weighted by Gasteiger charge is -2.48. The molecule has 40 heavy (non-hydrogen) atoms. The molecule has 9 nitrogen and oxygen atoms in total. The predicted molar refractivity (Wildman–Crippen MR) is 149 cm³/mol. The first-order valence-corrected chi connectivity index (χ1v) is 15.2. The van der Waals surface area contributed by atoms with Crippen LogP contribution in [0.2, 0.25) is 0 Å². The van der Waals surface area contributed by atoms with E-state index in [9.17, 15) is 26.7 Å². The van der Waals surface area contributed by atoms with Crippen LogP contribution in [0, 0.1) is 5.92 Å². The zero-order valence-corrected chi connectivity index (χ0v) is 23.6. The highest BCUT2D eigenvalue weighted by atomic mass is 32.2. The number of fused-ring (bicyclic) bond motifs is 1. The summed E-state index contributed by atoms with van der Waals surface area (Å²) in [6.07, 6.45) is 3.68. The van der Waals surface area contributed by atoms with Crippen LogP contribution in [0.4, 0.5) is 36.4 Å². The second kappa shape index (κ2) is 10.0. The van der Waals surface area contributed by atoms with Crippen molar-refractivity contribution in [2.45, 2.75) is 50.9 Å². The van der Waals surface area contributed by atoms with Gasteiger partial charge in [0.05, 0.1) is 12.3 Å². The molecule has 13 heteroatoms. The van der Waals surface area contributed by atoms with Gasteiger partial charge in [-0.05, 0) is 42.0 Å². The number of rotatable bonds is 7. The highest BCUT2D eigenvalue weighted by Crippen LogP contribution is 2.40. The molecule has 4 heterocycles. The summed E-state index contributed by atoms with van der Waals surface area (Å²) in [5, 5.41) is 14.4. The minimum Gasteiger partial charge on any atom is -0.368 e. The molecule has 0 spiro atoms. The number of pyridine rings is 1. The van der Waals surface area contributed by atoms with E-state index in [1.165, 1.54) is 12.5 Å². The molecule has 2 N–H and O–H groups in total. The van der Waals surface area contributed by atoms with Crippen LogP contribution in [0.25, 0.3) is 10.8 Å². The molecule has 216 valence electrons. The molecule has 0 amide bonds. The maximum atomic E-state index is 14.1. The largest absolute Gasteiger partial charge is 0.368 e. The van der Waals surface area contributed by atoms with Crippen LogP contribution >= 0.6 is 0 Å². The fourth-order valence-electron chi connectivity index (χ4n) is 5.43. The van der Waals surface area contributed by atoms with E-state index in [1.807, 2.05) is 13.0 Å². The Balaban J connectivity index is 1.41. The molecular formula is C27H33F3N6O3S. The SMILES string of the molecule is CC(C)c1ccc(N2C[C@H](CS(C)(=O)=O)[C@H]2C)c2cnc(Nc3ccnc(N4CC[C@@](O)(F)C(F)(F)C4)n3)cc12. The number of aromatic nitrogens is 3. The first-order valence-electron chi connectivity index (χ1n) is 13.2. The van der Waals surface area contributed by atoms with Crippen molar-refractivity contribution < 1.29 is 26.7 Å². The number of benzene rings is 1. The van der Waals surface area contributed by atoms with Gasteiger partial charge in [0.2, 0.25) is 5.95 Å². The van der Waals surface area contributed by atoms with Crippen molar-refractivity contribution >= 4 is 43.9 Å². The van der Waals surface area contributed by atoms with Crippen molar-refractivity contribution in [2.75, 3.05) is 46.8 Å². The van der Waals surface area contributed by atoms with Crippen LogP contribution in [-0.4, -0.2) is 77.9 Å². The molecule has 3 atom stereocenters. The van der Waals surface area contributed by atoms with Crippen molar-refractivity contribution in [3.8, 4) is 0 Å². The Morgan fingerprint density at radius 1 is 1.15 bits per heavy atom. The van der Waals surface area contributed by atoms with Crippen molar-refractivity contribution in [3.63, 3.8) is 0 Å². The Hall–Kier alpha value is -3.19. The van der Waals surface area contributed by atoms with Crippen LogP contribution < -0.4 is 15.1 Å². The fraction of sp³-hybridized carbons (Fsp3) is 0.519. The number of piperidine rings is 1. The molecule has 2 aromatic heterocycles. The summed E-state index contributed by atoms with van der Waals surface area (Å²) in [5.74, 6) is -6.28. The third-order valence-corrected chi connectivity index (χ3v) is 8.84. The lowest BCUT2D eigenvalue weighted by molar-refractivity contribution is -0.258. The number of nitrogens with one attached hydrogen (secondary N) is 1. The number of hydrogen-bond acceptors (Lipinski definition) is 9. The van der Waals surface area contributed by atoms with Gasteiger partial charge in [0.25, 0.3) is 5.85 Å². The van der Waals surface area contributed by atoms with Gasteiger partial charge in [-0.3, -0.25) is 0 Å². The number of sulfone groups is 1. The second-order valence-corrected chi connectivity index (χ2v) is 13.4. The predicted octanol–water partition coefficient (Wildman–Crippen LogP) is 4.26. The fourth-order valence-corrected chi connectivity index (χ4v) is 6.60. The minimum absolute atomic E-state index is 0.0125. The molecule has 0 bridgehead atoms. The topological polar surface area (TPSA) is 112 Å². The van der Waals surface area contributed by atoms with Gasteiger partial charge < -0.3 is 20.2 Å². The van der Waals surface area contributed by atoms with Gasteiger partial charge in [-0.1, -0.05) is 19.9 Å². The lowest BCUT2D eigenvalue weighted by Crippen LogP contribution is -2.58. The van der Waals surface area contributed by atoms with Gasteiger partial charge in [-0.2, -0.15) is 13.8 Å². The van der Waals surface area contributed by atoms with Crippen molar-refractivity contribution in [3.05, 3.63) is 42.2 Å². The minimum atomic E-state index is -3.96. The van der Waals surface area contributed by atoms with Gasteiger partial charge in [0.1, 0.15) is 21.5 Å². The maximum Gasteiger partial charge on any atom is 0.322 e. The van der Waals surface area contributed by atoms with Crippen LogP contribution in [0.3, 0.4) is 0 Å². The Labute approximate surface area is 231 Å². The number of anilines is 4. The second-order valence-electron chi connectivity index (χ2n) is 11.2. The highest BCUT2D eigenvalue weighted by molar-refractivity contribution is 7.90. The molecule has 0 saturated carbocycles. The maximum absolute atomic E-state index is 14.1. The molecule has 2 saturated heterocycles. The van der Waals surface area contributed by atoms with E-state index in [1.54, 1.807) is 12.3 Å². The first-order chi connectivity index (χ1) is 18.6. The van der Waals surface area contributed by atoms with E-state index >= 15 is 0 Å². The number of hydrogen-bond donors (Lipinski definition) is 2. The van der Waals surface area contributed by atoms with Crippen LogP contribution in [-0.2, 0) is 9.84 Å². The molecule has 5 rings (SSSR count). The summed E-state index contributed by atoms with van der Waals surface area (Å²) in [6.45, 7) is 5.66. The molecule has 1 aromatic carbocycles. The summed E-state index contributed by atoms with van der Waals surface area (Å²) in [5.41, 5.74) is 2.10. The summed E-state index contributed by atoms with van der Waals surface area (Å²) < 4.78 is 65.6. The molecule has 2 aliphatic rings. The van der Waals surface area contributed by atoms with E-state index in [-0.39, 0.29) is 36.1 Å². The molecule has 3 aromatic rings. The zero-order chi connectivity index (χ0) is 29.0. The number of halogens is 3. The van der Waals surface area contributed by atoms with Crippen LogP contribution in [0.1, 0.15) is 38.7 Å². The van der Waals surface area contributed by atoms with Gasteiger partial charge in [0, 0.05) is 61.2 Å². The summed E-state index contributed by atoms with van der Waals surface area (Å²) >= 11 is 0. The van der Waals surface area contributed by atoms with E-state index < -0.39 is 34.6 Å². The molecular weight excluding hydrogens is 545 g/mol. The van der Waals surface area contributed by atoms with Crippen LogP contribution in [0.15, 0.2) is 36.7 Å². The van der Waals surface area contributed by atoms with Crippen LogP contribution in [0.5, 0.6) is 0 Å². The zero-order valence-electron chi connectivity index (χ0n) is 22.8. The van der Waals surface area contributed by atoms with Gasteiger partial charge in [-0.25, -0.2) is 22.8 Å². The van der Waals surface area contributed by atoms with Crippen molar-refractivity contribution in [2.24, 2.45) is 5.92 Å². The van der Waals surface area contributed by atoms with Crippen molar-refractivity contribution in [1.82, 2.24) is 15.0 Å². The Morgan fingerprint density at radius 2 is 1.90 bits per heavy atom. The highest BCUT2D eigenvalue weighted by Gasteiger charge is 2.57. The van der Waals surface area contributed by atoms with Crippen molar-refractivity contribution in [1.29, 1.82) is 0 Å². The third-order valence-electron chi connectivity index (χ3n) is 7.81. The first kappa shape index (κ1) is 28.3. The average molecular weight is 579 g/mol. The Morgan fingerprint density at radius 3 is 2.55 bits per heavy atom. The normalized spacial score (nSPS) is 24.8. The molecule has 0 radical (unpaired) electrons. The number of aliphatic hydroxyl groups is 1. The van der Waals surface area contributed by atoms with E-state index in [0.29, 0.717) is 18.2 Å². The van der Waals surface area contributed by atoms with Gasteiger partial charge >= 0.3 is 5.92 Å². The summed E-state index contributed by atoms with van der Waals surface area (Å²) in [7, 11) is -3.07. The molecule has 0 aliphatic carbocycles. The lowest BCUT2D eigenvalue weighted by atomic mass is 9.88. The monoisotopic (exact) mass is 578 g/mol. The summed E-state index contributed by atoms with van der Waals surface area (Å²) in [6, 6.07) is 7.69. The smallest absolute Gasteiger partial charge is 0.322 e. The third kappa shape index (κ3) is 5.40. The summed E-state index contributed by atoms with van der Waals surface area (Å²) in [4.78, 5) is 16.3. The molecule has 2 fully saturated rings.